The Morgan fingerprint density at radius 2 is 2.20 bits per heavy atom. The summed E-state index contributed by atoms with van der Waals surface area (Å²) in [5.41, 5.74) is 5.30. The number of thioether (sulfide) groups is 1. The number of aliphatic hydroxyl groups is 1. The zero-order valence-electron chi connectivity index (χ0n) is 14.5. The second kappa shape index (κ2) is 8.77. The molecule has 0 radical (unpaired) electrons. The van der Waals surface area contributed by atoms with E-state index in [1.54, 1.807) is 17.8 Å². The molecule has 1 spiro atoms. The molecule has 0 aromatic carbocycles. The molecule has 2 fully saturated rings. The maximum Gasteiger partial charge on any atom is 0.289 e. The highest BCUT2D eigenvalue weighted by Crippen LogP contribution is 2.51. The quantitative estimate of drug-likeness (QED) is 0.771. The lowest BCUT2D eigenvalue weighted by atomic mass is 9.58. The van der Waals surface area contributed by atoms with Crippen LogP contribution in [-0.2, 0) is 10.5 Å². The summed E-state index contributed by atoms with van der Waals surface area (Å²) in [4.78, 5) is 14.4. The number of hydrogen-bond acceptors (Lipinski definition) is 6. The van der Waals surface area contributed by atoms with Gasteiger partial charge >= 0.3 is 0 Å². The van der Waals surface area contributed by atoms with Gasteiger partial charge in [0.25, 0.3) is 5.91 Å². The van der Waals surface area contributed by atoms with Crippen LogP contribution in [0, 0.1) is 5.41 Å². The molecular weight excluding hydrogens is 364 g/mol. The number of nitrogens with two attached hydrogens (primary N) is 1. The van der Waals surface area contributed by atoms with Crippen molar-refractivity contribution in [1.29, 1.82) is 0 Å². The van der Waals surface area contributed by atoms with Crippen LogP contribution in [-0.4, -0.2) is 60.6 Å². The van der Waals surface area contributed by atoms with Crippen molar-refractivity contribution in [1.82, 2.24) is 4.90 Å². The van der Waals surface area contributed by atoms with Crippen LogP contribution < -0.4 is 5.73 Å². The van der Waals surface area contributed by atoms with Crippen molar-refractivity contribution in [3.8, 4) is 0 Å². The molecule has 1 aromatic rings. The minimum atomic E-state index is -0.339. The number of aliphatic hydroxyl groups excluding tert-OH is 1. The van der Waals surface area contributed by atoms with Gasteiger partial charge in [-0.2, -0.15) is 11.8 Å². The minimum absolute atomic E-state index is 0. The Kier molecular flexibility index (Phi) is 7.22. The number of furan rings is 1. The van der Waals surface area contributed by atoms with Gasteiger partial charge in [-0.15, -0.1) is 12.4 Å². The van der Waals surface area contributed by atoms with Gasteiger partial charge in [-0.3, -0.25) is 4.79 Å². The van der Waals surface area contributed by atoms with E-state index in [-0.39, 0.29) is 35.9 Å². The number of carbonyl (C=O) groups is 1. The Bertz CT molecular complexity index is 575. The van der Waals surface area contributed by atoms with Crippen molar-refractivity contribution in [3.63, 3.8) is 0 Å². The van der Waals surface area contributed by atoms with E-state index >= 15 is 0 Å². The van der Waals surface area contributed by atoms with E-state index in [4.69, 9.17) is 14.9 Å². The molecule has 2 atom stereocenters. The average Bonchev–Trinajstić information content (AvgIpc) is 3.07. The Morgan fingerprint density at radius 3 is 2.80 bits per heavy atom. The molecule has 1 aliphatic carbocycles. The molecule has 1 saturated carbocycles. The second-order valence-electron chi connectivity index (χ2n) is 6.62. The molecule has 2 heterocycles. The lowest BCUT2D eigenvalue weighted by Crippen LogP contribution is -2.62. The molecular formula is C17H27ClN2O4S. The van der Waals surface area contributed by atoms with Crippen molar-refractivity contribution in [2.75, 3.05) is 32.5 Å². The third kappa shape index (κ3) is 4.01. The molecule has 0 unspecified atom stereocenters. The van der Waals surface area contributed by atoms with Gasteiger partial charge in [0.15, 0.2) is 5.76 Å². The first-order chi connectivity index (χ1) is 11.6. The van der Waals surface area contributed by atoms with Gasteiger partial charge in [0, 0.05) is 31.5 Å². The van der Waals surface area contributed by atoms with Gasteiger partial charge in [0.1, 0.15) is 5.76 Å². The summed E-state index contributed by atoms with van der Waals surface area (Å²) in [7, 11) is 0. The maximum absolute atomic E-state index is 12.6. The number of rotatable bonds is 6. The summed E-state index contributed by atoms with van der Waals surface area (Å²) in [5, 5.41) is 10.3. The molecule has 2 aliphatic rings. The van der Waals surface area contributed by atoms with E-state index in [9.17, 15) is 9.90 Å². The van der Waals surface area contributed by atoms with Gasteiger partial charge < -0.3 is 24.9 Å². The van der Waals surface area contributed by atoms with E-state index in [1.165, 1.54) is 0 Å². The summed E-state index contributed by atoms with van der Waals surface area (Å²) in [6.07, 6.45) is 3.91. The molecule has 1 saturated heterocycles. The Morgan fingerprint density at radius 1 is 1.48 bits per heavy atom. The molecule has 3 N–H and O–H groups in total. The molecule has 142 valence electrons. The largest absolute Gasteiger partial charge is 0.455 e. The van der Waals surface area contributed by atoms with Crippen molar-refractivity contribution in [2.24, 2.45) is 11.1 Å². The number of likely N-dealkylation sites (tertiary alicyclic amines) is 1. The van der Waals surface area contributed by atoms with Crippen molar-refractivity contribution < 1.29 is 19.1 Å². The van der Waals surface area contributed by atoms with Crippen molar-refractivity contribution in [2.45, 2.75) is 37.2 Å². The van der Waals surface area contributed by atoms with E-state index in [2.05, 4.69) is 0 Å². The van der Waals surface area contributed by atoms with Crippen LogP contribution in [0.5, 0.6) is 0 Å². The normalized spacial score (nSPS) is 24.7. The van der Waals surface area contributed by atoms with Crippen LogP contribution in [0.2, 0.25) is 0 Å². The third-order valence-corrected chi connectivity index (χ3v) is 5.89. The summed E-state index contributed by atoms with van der Waals surface area (Å²) < 4.78 is 11.4. The zero-order chi connectivity index (χ0) is 17.2. The van der Waals surface area contributed by atoms with E-state index < -0.39 is 0 Å². The SMILES string of the molecule is CSCc1ccc(C(=O)N2CCC3(CC2)[C@H](O)C[C@@H]3OCCN)o1.Cl. The molecule has 3 rings (SSSR count). The molecule has 25 heavy (non-hydrogen) atoms. The summed E-state index contributed by atoms with van der Waals surface area (Å²) in [5.74, 6) is 1.93. The number of ether oxygens (including phenoxy) is 1. The number of amides is 1. The van der Waals surface area contributed by atoms with Crippen LogP contribution in [0.4, 0.5) is 0 Å². The number of halogens is 1. The summed E-state index contributed by atoms with van der Waals surface area (Å²) in [6, 6.07) is 3.62. The predicted molar refractivity (Wildman–Crippen MR) is 100 cm³/mol. The molecule has 8 heteroatoms. The second-order valence-corrected chi connectivity index (χ2v) is 7.49. The fourth-order valence-corrected chi connectivity index (χ4v) is 4.26. The van der Waals surface area contributed by atoms with Gasteiger partial charge in [0.2, 0.25) is 0 Å². The van der Waals surface area contributed by atoms with Gasteiger partial charge in [0.05, 0.1) is 24.6 Å². The topological polar surface area (TPSA) is 88.9 Å². The molecule has 0 bridgehead atoms. The zero-order valence-corrected chi connectivity index (χ0v) is 16.1. The van der Waals surface area contributed by atoms with Gasteiger partial charge in [-0.05, 0) is 31.2 Å². The number of hydrogen-bond donors (Lipinski definition) is 2. The monoisotopic (exact) mass is 390 g/mol. The highest BCUT2D eigenvalue weighted by Gasteiger charge is 2.56. The Hall–Kier alpha value is -0.730. The van der Waals surface area contributed by atoms with E-state index in [0.29, 0.717) is 38.4 Å². The van der Waals surface area contributed by atoms with Crippen molar-refractivity contribution in [3.05, 3.63) is 23.7 Å². The highest BCUT2D eigenvalue weighted by atomic mass is 35.5. The summed E-state index contributed by atoms with van der Waals surface area (Å²) in [6.45, 7) is 2.25. The number of piperidine rings is 1. The first-order valence-electron chi connectivity index (χ1n) is 8.47. The first kappa shape index (κ1) is 20.6. The lowest BCUT2D eigenvalue weighted by molar-refractivity contribution is -0.208. The van der Waals surface area contributed by atoms with Crippen LogP contribution >= 0.6 is 24.2 Å². The fourth-order valence-electron chi connectivity index (χ4n) is 3.82. The van der Waals surface area contributed by atoms with Gasteiger partial charge in [-0.25, -0.2) is 0 Å². The minimum Gasteiger partial charge on any atom is -0.455 e. The van der Waals surface area contributed by atoms with Crippen LogP contribution in [0.3, 0.4) is 0 Å². The van der Waals surface area contributed by atoms with E-state index in [1.807, 2.05) is 17.2 Å². The first-order valence-corrected chi connectivity index (χ1v) is 9.87. The smallest absolute Gasteiger partial charge is 0.289 e. The molecule has 1 amide bonds. The van der Waals surface area contributed by atoms with Crippen LogP contribution in [0.1, 0.15) is 35.6 Å². The standard InChI is InChI=1S/C17H26N2O4S.ClH/c1-24-11-12-2-3-13(23-12)16(21)19-7-4-17(5-8-19)14(20)10-15(17)22-9-6-18;/h2-3,14-15,20H,4-11,18H2,1H3;1H/t14-,15+;/m1./s1. The van der Waals surface area contributed by atoms with Gasteiger partial charge in [-0.1, -0.05) is 0 Å². The number of carbonyl (C=O) groups excluding carboxylic acids is 1. The Labute approximate surface area is 158 Å². The van der Waals surface area contributed by atoms with Crippen molar-refractivity contribution >= 4 is 30.1 Å². The molecule has 1 aliphatic heterocycles. The lowest BCUT2D eigenvalue weighted by Gasteiger charge is -2.56. The van der Waals surface area contributed by atoms with Crippen LogP contribution in [0.15, 0.2) is 16.5 Å². The Balaban J connectivity index is 0.00000225. The molecule has 1 aromatic heterocycles. The number of nitrogens with zero attached hydrogens (tertiary/aromatic N) is 1. The highest BCUT2D eigenvalue weighted by molar-refractivity contribution is 7.97. The fraction of sp³-hybridized carbons (Fsp3) is 0.706. The third-order valence-electron chi connectivity index (χ3n) is 5.32. The average molecular weight is 391 g/mol. The summed E-state index contributed by atoms with van der Waals surface area (Å²) >= 11 is 1.66. The maximum atomic E-state index is 12.6. The van der Waals surface area contributed by atoms with E-state index in [0.717, 1.165) is 24.4 Å². The predicted octanol–water partition coefficient (Wildman–Crippen LogP) is 1.90. The van der Waals surface area contributed by atoms with Crippen LogP contribution in [0.25, 0.3) is 0 Å². The molecule has 6 nitrogen and oxygen atoms in total.